The summed E-state index contributed by atoms with van der Waals surface area (Å²) in [7, 11) is 1.77. The number of likely N-dealkylation sites (tertiary alicyclic amines) is 1. The largest absolute Gasteiger partial charge is 0.347 e. The lowest BCUT2D eigenvalue weighted by Crippen LogP contribution is -2.48. The number of nitrogens with zero attached hydrogens (tertiary/aromatic N) is 1. The maximum Gasteiger partial charge on any atom is 0.252 e. The summed E-state index contributed by atoms with van der Waals surface area (Å²) in [5, 5.41) is 2.99. The number of benzene rings is 1. The Balaban J connectivity index is 2.00. The molecule has 1 fully saturated rings. The second kappa shape index (κ2) is 5.69. The Morgan fingerprint density at radius 3 is 2.83 bits per heavy atom. The predicted octanol–water partition coefficient (Wildman–Crippen LogP) is 1.64. The molecular weight excluding hydrogens is 343 g/mol. The molecule has 96 valence electrons. The van der Waals surface area contributed by atoms with Gasteiger partial charge in [-0.1, -0.05) is 12.1 Å². The average molecular weight is 358 g/mol. The van der Waals surface area contributed by atoms with Gasteiger partial charge in [-0.25, -0.2) is 0 Å². The first-order chi connectivity index (χ1) is 8.58. The van der Waals surface area contributed by atoms with Gasteiger partial charge in [0, 0.05) is 29.6 Å². The number of halogens is 1. The smallest absolute Gasteiger partial charge is 0.252 e. The molecule has 0 aliphatic carbocycles. The van der Waals surface area contributed by atoms with Crippen molar-refractivity contribution < 1.29 is 9.59 Å². The van der Waals surface area contributed by atoms with E-state index in [1.165, 1.54) is 0 Å². The van der Waals surface area contributed by atoms with Crippen LogP contribution in [0.1, 0.15) is 23.2 Å². The summed E-state index contributed by atoms with van der Waals surface area (Å²) in [6, 6.07) is 7.54. The number of carbonyl (C=O) groups is 2. The highest BCUT2D eigenvalue weighted by Gasteiger charge is 2.24. The molecule has 2 amide bonds. The van der Waals surface area contributed by atoms with Gasteiger partial charge in [0.2, 0.25) is 5.91 Å². The molecule has 5 heteroatoms. The van der Waals surface area contributed by atoms with Crippen LogP contribution in [0.2, 0.25) is 0 Å². The molecule has 1 unspecified atom stereocenters. The Morgan fingerprint density at radius 2 is 2.17 bits per heavy atom. The van der Waals surface area contributed by atoms with Crippen molar-refractivity contribution in [1.29, 1.82) is 0 Å². The molecule has 0 radical (unpaired) electrons. The van der Waals surface area contributed by atoms with Crippen molar-refractivity contribution in [2.24, 2.45) is 0 Å². The molecule has 1 aliphatic rings. The molecule has 2 rings (SSSR count). The molecule has 1 N–H and O–H groups in total. The summed E-state index contributed by atoms with van der Waals surface area (Å²) < 4.78 is 0.938. The number of hydrogen-bond acceptors (Lipinski definition) is 2. The Morgan fingerprint density at radius 1 is 1.44 bits per heavy atom. The van der Waals surface area contributed by atoms with Crippen molar-refractivity contribution in [3.8, 4) is 0 Å². The third kappa shape index (κ3) is 3.01. The summed E-state index contributed by atoms with van der Waals surface area (Å²) in [6.07, 6.45) is 1.23. The maximum atomic E-state index is 12.1. The minimum absolute atomic E-state index is 0.0520. The summed E-state index contributed by atoms with van der Waals surface area (Å²) in [5.74, 6) is 0.0857. The molecule has 0 aromatic heterocycles. The first-order valence-electron chi connectivity index (χ1n) is 5.87. The molecule has 1 atom stereocenters. The zero-order chi connectivity index (χ0) is 13.1. The maximum absolute atomic E-state index is 12.1. The summed E-state index contributed by atoms with van der Waals surface area (Å²) in [6.45, 7) is 0.591. The van der Waals surface area contributed by atoms with E-state index in [0.29, 0.717) is 18.5 Å². The normalized spacial score (nSPS) is 19.8. The highest BCUT2D eigenvalue weighted by Crippen LogP contribution is 2.14. The minimum Gasteiger partial charge on any atom is -0.347 e. The zero-order valence-corrected chi connectivity index (χ0v) is 12.3. The van der Waals surface area contributed by atoms with Crippen LogP contribution >= 0.6 is 22.6 Å². The number of carbonyl (C=O) groups excluding carboxylic acids is 2. The third-order valence-corrected chi connectivity index (χ3v) is 4.02. The van der Waals surface area contributed by atoms with E-state index < -0.39 is 0 Å². The molecule has 1 aromatic carbocycles. The van der Waals surface area contributed by atoms with Crippen LogP contribution in [0.4, 0.5) is 0 Å². The van der Waals surface area contributed by atoms with Gasteiger partial charge in [0.25, 0.3) is 5.91 Å². The second-order valence-corrected chi connectivity index (χ2v) is 5.63. The van der Waals surface area contributed by atoms with Crippen LogP contribution in [-0.2, 0) is 4.79 Å². The van der Waals surface area contributed by atoms with Gasteiger partial charge in [0.1, 0.15) is 0 Å². The second-order valence-electron chi connectivity index (χ2n) is 4.46. The molecule has 1 aliphatic heterocycles. The topological polar surface area (TPSA) is 49.4 Å². The van der Waals surface area contributed by atoms with Crippen LogP contribution in [0.15, 0.2) is 24.3 Å². The predicted molar refractivity (Wildman–Crippen MR) is 77.3 cm³/mol. The van der Waals surface area contributed by atoms with Crippen LogP contribution in [-0.4, -0.2) is 36.3 Å². The number of amides is 2. The SMILES string of the molecule is CN1CC(NC(=O)c2ccccc2I)CCC1=O. The van der Waals surface area contributed by atoms with E-state index in [0.717, 1.165) is 9.99 Å². The first-order valence-corrected chi connectivity index (χ1v) is 6.95. The van der Waals surface area contributed by atoms with Crippen molar-refractivity contribution in [3.05, 3.63) is 33.4 Å². The molecule has 1 saturated heterocycles. The van der Waals surface area contributed by atoms with Crippen LogP contribution in [0.3, 0.4) is 0 Å². The number of likely N-dealkylation sites (N-methyl/N-ethyl adjacent to an activating group) is 1. The van der Waals surface area contributed by atoms with E-state index in [1.54, 1.807) is 11.9 Å². The standard InChI is InChI=1S/C13H15IN2O2/c1-16-8-9(6-7-12(16)17)15-13(18)10-4-2-3-5-11(10)14/h2-5,9H,6-8H2,1H3,(H,15,18). The van der Waals surface area contributed by atoms with E-state index in [4.69, 9.17) is 0 Å². The van der Waals surface area contributed by atoms with Crippen LogP contribution in [0, 0.1) is 3.57 Å². The molecule has 1 aromatic rings. The zero-order valence-electron chi connectivity index (χ0n) is 10.1. The first kappa shape index (κ1) is 13.3. The monoisotopic (exact) mass is 358 g/mol. The van der Waals surface area contributed by atoms with Crippen molar-refractivity contribution in [3.63, 3.8) is 0 Å². The number of nitrogens with one attached hydrogen (secondary N) is 1. The lowest BCUT2D eigenvalue weighted by molar-refractivity contribution is -0.132. The Bertz CT molecular complexity index is 476. The van der Waals surface area contributed by atoms with Gasteiger partial charge < -0.3 is 10.2 Å². The molecule has 4 nitrogen and oxygen atoms in total. The summed E-state index contributed by atoms with van der Waals surface area (Å²) in [5.41, 5.74) is 0.692. The van der Waals surface area contributed by atoms with Gasteiger partial charge in [-0.3, -0.25) is 9.59 Å². The molecule has 1 heterocycles. The van der Waals surface area contributed by atoms with Gasteiger partial charge in [-0.05, 0) is 41.1 Å². The summed E-state index contributed by atoms with van der Waals surface area (Å²) >= 11 is 2.15. The van der Waals surface area contributed by atoms with Gasteiger partial charge in [-0.2, -0.15) is 0 Å². The number of hydrogen-bond donors (Lipinski definition) is 1. The minimum atomic E-state index is -0.0623. The highest BCUT2D eigenvalue weighted by molar-refractivity contribution is 14.1. The van der Waals surface area contributed by atoms with Crippen molar-refractivity contribution in [1.82, 2.24) is 10.2 Å². The lowest BCUT2D eigenvalue weighted by atomic mass is 10.1. The average Bonchev–Trinajstić information content (AvgIpc) is 2.34. The van der Waals surface area contributed by atoms with E-state index in [2.05, 4.69) is 27.9 Å². The number of rotatable bonds is 2. The fourth-order valence-electron chi connectivity index (χ4n) is 2.04. The third-order valence-electron chi connectivity index (χ3n) is 3.08. The summed E-state index contributed by atoms with van der Waals surface area (Å²) in [4.78, 5) is 25.1. The fourth-order valence-corrected chi connectivity index (χ4v) is 2.67. The van der Waals surface area contributed by atoms with Crippen molar-refractivity contribution >= 4 is 34.4 Å². The fraction of sp³-hybridized carbons (Fsp3) is 0.385. The molecule has 0 bridgehead atoms. The number of piperidine rings is 1. The Hall–Kier alpha value is -1.11. The quantitative estimate of drug-likeness (QED) is 0.818. The van der Waals surface area contributed by atoms with Gasteiger partial charge in [0.15, 0.2) is 0 Å². The van der Waals surface area contributed by atoms with E-state index in [9.17, 15) is 9.59 Å². The van der Waals surface area contributed by atoms with Gasteiger partial charge in [0.05, 0.1) is 5.56 Å². The Kier molecular flexibility index (Phi) is 4.21. The van der Waals surface area contributed by atoms with Crippen molar-refractivity contribution in [2.75, 3.05) is 13.6 Å². The molecule has 0 saturated carbocycles. The van der Waals surface area contributed by atoms with E-state index >= 15 is 0 Å². The van der Waals surface area contributed by atoms with Crippen LogP contribution < -0.4 is 5.32 Å². The molecule has 18 heavy (non-hydrogen) atoms. The Labute approximate surface area is 120 Å². The van der Waals surface area contributed by atoms with E-state index in [-0.39, 0.29) is 17.9 Å². The molecular formula is C13H15IN2O2. The van der Waals surface area contributed by atoms with Crippen LogP contribution in [0.5, 0.6) is 0 Å². The highest BCUT2D eigenvalue weighted by atomic mass is 127. The van der Waals surface area contributed by atoms with E-state index in [1.807, 2.05) is 24.3 Å². The van der Waals surface area contributed by atoms with Gasteiger partial charge in [-0.15, -0.1) is 0 Å². The lowest BCUT2D eigenvalue weighted by Gasteiger charge is -2.30. The molecule has 0 spiro atoms. The van der Waals surface area contributed by atoms with Gasteiger partial charge >= 0.3 is 0 Å². The van der Waals surface area contributed by atoms with Crippen molar-refractivity contribution in [2.45, 2.75) is 18.9 Å². The van der Waals surface area contributed by atoms with Crippen LogP contribution in [0.25, 0.3) is 0 Å².